The highest BCUT2D eigenvalue weighted by Gasteiger charge is 2.18. The minimum atomic E-state index is -0.129. The molecule has 2 aromatic rings. The van der Waals surface area contributed by atoms with E-state index in [2.05, 4.69) is 15.9 Å². The number of halogens is 1. The molecule has 0 amide bonds. The van der Waals surface area contributed by atoms with Gasteiger partial charge in [-0.05, 0) is 36.2 Å². The predicted molar refractivity (Wildman–Crippen MR) is 89.6 cm³/mol. The molecule has 0 spiro atoms. The molecule has 0 aromatic heterocycles. The Balaban J connectivity index is 1.51. The summed E-state index contributed by atoms with van der Waals surface area (Å²) in [5.41, 5.74) is 8.62. The normalized spacial score (nSPS) is 16.0. The van der Waals surface area contributed by atoms with Gasteiger partial charge in [0.15, 0.2) is 0 Å². The van der Waals surface area contributed by atoms with Crippen molar-refractivity contribution in [3.8, 4) is 0 Å². The number of benzene rings is 2. The molecule has 1 aliphatic rings. The van der Waals surface area contributed by atoms with E-state index in [1.165, 1.54) is 11.6 Å². The molecule has 2 N–H and O–H groups in total. The Morgan fingerprint density at radius 3 is 2.45 bits per heavy atom. The second kappa shape index (κ2) is 6.79. The van der Waals surface area contributed by atoms with Crippen LogP contribution >= 0.6 is 0 Å². The lowest BCUT2D eigenvalue weighted by molar-refractivity contribution is 0.260. The van der Waals surface area contributed by atoms with Crippen LogP contribution < -0.4 is 10.6 Å². The molecule has 0 saturated carbocycles. The Labute approximate surface area is 131 Å². The third kappa shape index (κ3) is 3.57. The molecule has 1 fully saturated rings. The van der Waals surface area contributed by atoms with E-state index in [0.29, 0.717) is 0 Å². The fourth-order valence-electron chi connectivity index (χ4n) is 2.96. The van der Waals surface area contributed by atoms with E-state index < -0.39 is 0 Å². The number of nitrogen functional groups attached to an aromatic ring is 1. The number of nitrogens with zero attached hydrogens (tertiary/aromatic N) is 2. The average Bonchev–Trinajstić information content (AvgIpc) is 2.54. The Morgan fingerprint density at radius 2 is 1.73 bits per heavy atom. The van der Waals surface area contributed by atoms with Crippen LogP contribution in [0.4, 0.5) is 15.8 Å². The van der Waals surface area contributed by atoms with Gasteiger partial charge in [0.25, 0.3) is 0 Å². The van der Waals surface area contributed by atoms with Gasteiger partial charge in [-0.1, -0.05) is 24.3 Å². The molecule has 0 radical (unpaired) electrons. The zero-order valence-electron chi connectivity index (χ0n) is 12.7. The van der Waals surface area contributed by atoms with E-state index in [0.717, 1.165) is 50.5 Å². The van der Waals surface area contributed by atoms with Crippen LogP contribution in [-0.4, -0.2) is 37.6 Å². The van der Waals surface area contributed by atoms with Crippen molar-refractivity contribution in [3.63, 3.8) is 0 Å². The maximum atomic E-state index is 13.8. The Morgan fingerprint density at radius 1 is 0.955 bits per heavy atom. The van der Waals surface area contributed by atoms with Gasteiger partial charge in [0.05, 0.1) is 5.69 Å². The number of para-hydroxylation sites is 1. The molecule has 1 aliphatic heterocycles. The number of piperazine rings is 1. The fraction of sp³-hybridized carbons (Fsp3) is 0.333. The fourth-order valence-corrected chi connectivity index (χ4v) is 2.96. The lowest BCUT2D eigenvalue weighted by atomic mass is 10.1. The lowest BCUT2D eigenvalue weighted by Gasteiger charge is -2.36. The monoisotopic (exact) mass is 299 g/mol. The van der Waals surface area contributed by atoms with E-state index in [4.69, 9.17) is 5.73 Å². The summed E-state index contributed by atoms with van der Waals surface area (Å²) in [6.45, 7) is 4.71. The first-order valence-corrected chi connectivity index (χ1v) is 7.78. The summed E-state index contributed by atoms with van der Waals surface area (Å²) in [6, 6.07) is 15.1. The van der Waals surface area contributed by atoms with Crippen LogP contribution in [0.2, 0.25) is 0 Å². The van der Waals surface area contributed by atoms with Crippen molar-refractivity contribution in [2.45, 2.75) is 6.42 Å². The van der Waals surface area contributed by atoms with Crippen molar-refractivity contribution in [2.24, 2.45) is 0 Å². The molecule has 22 heavy (non-hydrogen) atoms. The van der Waals surface area contributed by atoms with Crippen LogP contribution in [0.5, 0.6) is 0 Å². The van der Waals surface area contributed by atoms with Crippen molar-refractivity contribution in [2.75, 3.05) is 43.4 Å². The summed E-state index contributed by atoms with van der Waals surface area (Å²) in [5.74, 6) is -0.129. The zero-order chi connectivity index (χ0) is 15.4. The van der Waals surface area contributed by atoms with Crippen LogP contribution in [0.25, 0.3) is 0 Å². The first kappa shape index (κ1) is 14.9. The molecule has 4 heteroatoms. The van der Waals surface area contributed by atoms with Crippen LogP contribution in [-0.2, 0) is 6.42 Å². The maximum absolute atomic E-state index is 13.8. The molecule has 2 aromatic carbocycles. The molecule has 1 saturated heterocycles. The predicted octanol–water partition coefficient (Wildman–Crippen LogP) is 2.77. The van der Waals surface area contributed by atoms with E-state index in [9.17, 15) is 4.39 Å². The van der Waals surface area contributed by atoms with Crippen molar-refractivity contribution in [1.82, 2.24) is 4.90 Å². The van der Waals surface area contributed by atoms with Crippen molar-refractivity contribution in [1.29, 1.82) is 0 Å². The van der Waals surface area contributed by atoms with E-state index in [-0.39, 0.29) is 5.82 Å². The van der Waals surface area contributed by atoms with Gasteiger partial charge in [0, 0.05) is 38.4 Å². The Bertz CT molecular complexity index is 621. The summed E-state index contributed by atoms with van der Waals surface area (Å²) in [6.07, 6.45) is 1.00. The summed E-state index contributed by atoms with van der Waals surface area (Å²) in [7, 11) is 0. The van der Waals surface area contributed by atoms with Gasteiger partial charge in [-0.15, -0.1) is 0 Å². The van der Waals surface area contributed by atoms with Gasteiger partial charge < -0.3 is 10.6 Å². The number of hydrogen-bond donors (Lipinski definition) is 1. The topological polar surface area (TPSA) is 32.5 Å². The van der Waals surface area contributed by atoms with Crippen molar-refractivity contribution < 1.29 is 4.39 Å². The van der Waals surface area contributed by atoms with Crippen LogP contribution in [0.15, 0.2) is 48.5 Å². The molecule has 3 rings (SSSR count). The number of hydrogen-bond acceptors (Lipinski definition) is 3. The summed E-state index contributed by atoms with van der Waals surface area (Å²) >= 11 is 0. The summed E-state index contributed by atoms with van der Waals surface area (Å²) in [5, 5.41) is 0. The van der Waals surface area contributed by atoms with Crippen LogP contribution in [0, 0.1) is 5.82 Å². The average molecular weight is 299 g/mol. The standard InChI is InChI=1S/C18H22FN3/c19-17-6-1-2-7-18(17)22-12-10-21(11-13-22)9-8-15-4-3-5-16(20)14-15/h1-7,14H,8-13,20H2. The minimum Gasteiger partial charge on any atom is -0.399 e. The molecule has 0 aliphatic carbocycles. The second-order valence-corrected chi connectivity index (χ2v) is 5.78. The van der Waals surface area contributed by atoms with Gasteiger partial charge in [-0.2, -0.15) is 0 Å². The zero-order valence-corrected chi connectivity index (χ0v) is 12.7. The summed E-state index contributed by atoms with van der Waals surface area (Å²) < 4.78 is 13.8. The Kier molecular flexibility index (Phi) is 4.59. The highest BCUT2D eigenvalue weighted by Crippen LogP contribution is 2.20. The quantitative estimate of drug-likeness (QED) is 0.881. The lowest BCUT2D eigenvalue weighted by Crippen LogP contribution is -2.47. The highest BCUT2D eigenvalue weighted by atomic mass is 19.1. The van der Waals surface area contributed by atoms with Crippen molar-refractivity contribution >= 4 is 11.4 Å². The van der Waals surface area contributed by atoms with Crippen LogP contribution in [0.1, 0.15) is 5.56 Å². The maximum Gasteiger partial charge on any atom is 0.146 e. The van der Waals surface area contributed by atoms with Gasteiger partial charge in [0.2, 0.25) is 0 Å². The van der Waals surface area contributed by atoms with E-state index in [1.807, 2.05) is 30.3 Å². The van der Waals surface area contributed by atoms with Gasteiger partial charge >= 0.3 is 0 Å². The molecule has 3 nitrogen and oxygen atoms in total. The molecule has 116 valence electrons. The minimum absolute atomic E-state index is 0.129. The van der Waals surface area contributed by atoms with E-state index in [1.54, 1.807) is 6.07 Å². The molecule has 1 heterocycles. The molecule has 0 atom stereocenters. The molecular formula is C18H22FN3. The molecule has 0 unspecified atom stereocenters. The largest absolute Gasteiger partial charge is 0.399 e. The molecule has 0 bridgehead atoms. The third-order valence-electron chi connectivity index (χ3n) is 4.23. The van der Waals surface area contributed by atoms with E-state index >= 15 is 0 Å². The van der Waals surface area contributed by atoms with Crippen molar-refractivity contribution in [3.05, 3.63) is 59.9 Å². The third-order valence-corrected chi connectivity index (χ3v) is 4.23. The van der Waals surface area contributed by atoms with Crippen LogP contribution in [0.3, 0.4) is 0 Å². The SMILES string of the molecule is Nc1cccc(CCN2CCN(c3ccccc3F)CC2)c1. The summed E-state index contributed by atoms with van der Waals surface area (Å²) in [4.78, 5) is 4.56. The first-order chi connectivity index (χ1) is 10.7. The molecular weight excluding hydrogens is 277 g/mol. The van der Waals surface area contributed by atoms with Gasteiger partial charge in [-0.3, -0.25) is 4.90 Å². The number of nitrogens with two attached hydrogens (primary N) is 1. The number of anilines is 2. The Hall–Kier alpha value is -2.07. The highest BCUT2D eigenvalue weighted by molar-refractivity contribution is 5.48. The smallest absolute Gasteiger partial charge is 0.146 e. The number of rotatable bonds is 4. The van der Waals surface area contributed by atoms with Gasteiger partial charge in [-0.25, -0.2) is 4.39 Å². The van der Waals surface area contributed by atoms with Gasteiger partial charge in [0.1, 0.15) is 5.82 Å². The first-order valence-electron chi connectivity index (χ1n) is 7.78. The second-order valence-electron chi connectivity index (χ2n) is 5.78.